The molecule has 2 aromatic heterocycles. The number of nitrogens with two attached hydrogens (primary N) is 1. The molecule has 29 heavy (non-hydrogen) atoms. The number of nitrogens with zero attached hydrogens (tertiary/aromatic N) is 4. The van der Waals surface area contributed by atoms with Crippen LogP contribution in [-0.4, -0.2) is 68.2 Å². The van der Waals surface area contributed by atoms with Gasteiger partial charge in [-0.15, -0.1) is 0 Å². The van der Waals surface area contributed by atoms with Crippen molar-refractivity contribution in [2.75, 3.05) is 24.3 Å². The molecule has 11 heteroatoms. The molecular formula is C18H25N5O5S. The number of imidazole rings is 1. The first-order chi connectivity index (χ1) is 13.9. The third-order valence-electron chi connectivity index (χ3n) is 4.97. The fraction of sp³-hybridized carbons (Fsp3) is 0.667. The van der Waals surface area contributed by atoms with Crippen LogP contribution < -0.4 is 5.73 Å². The van der Waals surface area contributed by atoms with Crippen LogP contribution in [0.15, 0.2) is 12.7 Å². The monoisotopic (exact) mass is 423 g/mol. The van der Waals surface area contributed by atoms with Crippen molar-refractivity contribution in [2.24, 2.45) is 0 Å². The normalized spacial score (nSPS) is 28.0. The fourth-order valence-electron chi connectivity index (χ4n) is 3.69. The van der Waals surface area contributed by atoms with Crippen molar-refractivity contribution < 1.29 is 23.7 Å². The Labute approximate surface area is 172 Å². The van der Waals surface area contributed by atoms with Crippen LogP contribution >= 0.6 is 11.8 Å². The van der Waals surface area contributed by atoms with Crippen LogP contribution in [0.4, 0.5) is 5.82 Å². The molecule has 2 fully saturated rings. The molecule has 0 saturated carbocycles. The van der Waals surface area contributed by atoms with Gasteiger partial charge in [0.25, 0.3) is 0 Å². The minimum Gasteiger partial charge on any atom is -0.469 e. The van der Waals surface area contributed by atoms with Gasteiger partial charge in [-0.25, -0.2) is 15.0 Å². The van der Waals surface area contributed by atoms with E-state index in [2.05, 4.69) is 19.7 Å². The number of carbonyl (C=O) groups is 1. The van der Waals surface area contributed by atoms with Gasteiger partial charge >= 0.3 is 5.97 Å². The molecule has 0 amide bonds. The van der Waals surface area contributed by atoms with Crippen molar-refractivity contribution in [1.82, 2.24) is 19.5 Å². The van der Waals surface area contributed by atoms with Gasteiger partial charge < -0.3 is 24.7 Å². The van der Waals surface area contributed by atoms with Crippen LogP contribution in [0.25, 0.3) is 11.2 Å². The van der Waals surface area contributed by atoms with Crippen molar-refractivity contribution in [3.05, 3.63) is 12.7 Å². The summed E-state index contributed by atoms with van der Waals surface area (Å²) in [6.07, 6.45) is 3.14. The lowest BCUT2D eigenvalue weighted by atomic mass is 10.1. The maximum atomic E-state index is 11.2. The molecule has 158 valence electrons. The summed E-state index contributed by atoms with van der Waals surface area (Å²) in [4.78, 5) is 23.9. The SMILES string of the molecule is COC(=O)CCCSC[C@H]1O[C@@H](n2cnc3c(N)ncnc32)[C@@H]2OC(C)(C)O[C@@H]21. The quantitative estimate of drug-likeness (QED) is 0.517. The summed E-state index contributed by atoms with van der Waals surface area (Å²) in [6, 6.07) is 0. The number of thioether (sulfide) groups is 1. The highest BCUT2D eigenvalue weighted by molar-refractivity contribution is 7.99. The molecule has 2 aliphatic heterocycles. The van der Waals surface area contributed by atoms with Gasteiger partial charge in [-0.2, -0.15) is 11.8 Å². The Morgan fingerprint density at radius 1 is 1.31 bits per heavy atom. The average molecular weight is 423 g/mol. The largest absolute Gasteiger partial charge is 0.469 e. The summed E-state index contributed by atoms with van der Waals surface area (Å²) >= 11 is 1.72. The van der Waals surface area contributed by atoms with Gasteiger partial charge in [-0.05, 0) is 26.0 Å². The number of fused-ring (bicyclic) bond motifs is 2. The third-order valence-corrected chi connectivity index (χ3v) is 6.11. The Morgan fingerprint density at radius 2 is 2.10 bits per heavy atom. The van der Waals surface area contributed by atoms with E-state index < -0.39 is 12.0 Å². The van der Waals surface area contributed by atoms with Gasteiger partial charge in [0.15, 0.2) is 23.5 Å². The molecule has 2 saturated heterocycles. The number of rotatable bonds is 7. The lowest BCUT2D eigenvalue weighted by Gasteiger charge is -2.24. The molecule has 4 heterocycles. The summed E-state index contributed by atoms with van der Waals surface area (Å²) in [6.45, 7) is 3.80. The number of aromatic nitrogens is 4. The van der Waals surface area contributed by atoms with E-state index in [9.17, 15) is 4.79 Å². The number of hydrogen-bond acceptors (Lipinski definition) is 10. The van der Waals surface area contributed by atoms with E-state index in [1.54, 1.807) is 18.1 Å². The highest BCUT2D eigenvalue weighted by Crippen LogP contribution is 2.44. The van der Waals surface area contributed by atoms with Gasteiger partial charge in [0.1, 0.15) is 24.1 Å². The lowest BCUT2D eigenvalue weighted by Crippen LogP contribution is -2.31. The highest BCUT2D eigenvalue weighted by Gasteiger charge is 2.55. The van der Waals surface area contributed by atoms with Crippen molar-refractivity contribution >= 4 is 34.7 Å². The zero-order chi connectivity index (χ0) is 20.6. The van der Waals surface area contributed by atoms with E-state index in [4.69, 9.17) is 19.9 Å². The number of carbonyl (C=O) groups excluding carboxylic acids is 1. The fourth-order valence-corrected chi connectivity index (χ4v) is 4.71. The average Bonchev–Trinajstić information content (AvgIpc) is 3.33. The Balaban J connectivity index is 1.47. The van der Waals surface area contributed by atoms with Gasteiger partial charge in [0.2, 0.25) is 0 Å². The van der Waals surface area contributed by atoms with Crippen LogP contribution in [0.5, 0.6) is 0 Å². The highest BCUT2D eigenvalue weighted by atomic mass is 32.2. The molecular weight excluding hydrogens is 398 g/mol. The Morgan fingerprint density at radius 3 is 2.90 bits per heavy atom. The van der Waals surface area contributed by atoms with Crippen molar-refractivity contribution in [3.8, 4) is 0 Å². The van der Waals surface area contributed by atoms with Crippen molar-refractivity contribution in [3.63, 3.8) is 0 Å². The summed E-state index contributed by atoms with van der Waals surface area (Å²) in [5.74, 6) is 0.992. The Hall–Kier alpha value is -1.95. The molecule has 0 aliphatic carbocycles. The number of ether oxygens (including phenoxy) is 4. The van der Waals surface area contributed by atoms with Gasteiger partial charge in [-0.3, -0.25) is 9.36 Å². The third kappa shape index (κ3) is 4.04. The molecule has 2 aromatic rings. The maximum absolute atomic E-state index is 11.2. The molecule has 10 nitrogen and oxygen atoms in total. The topological polar surface area (TPSA) is 124 Å². The smallest absolute Gasteiger partial charge is 0.305 e. The minimum absolute atomic E-state index is 0.161. The second-order valence-corrected chi connectivity index (χ2v) is 8.62. The summed E-state index contributed by atoms with van der Waals surface area (Å²) < 4.78 is 25.1. The van der Waals surface area contributed by atoms with E-state index in [0.29, 0.717) is 23.4 Å². The van der Waals surface area contributed by atoms with Crippen LogP contribution in [0.2, 0.25) is 0 Å². The Bertz CT molecular complexity index is 891. The number of nitrogen functional groups attached to an aromatic ring is 1. The molecule has 4 rings (SSSR count). The van der Waals surface area contributed by atoms with Crippen LogP contribution in [0.3, 0.4) is 0 Å². The summed E-state index contributed by atoms with van der Waals surface area (Å²) in [7, 11) is 1.40. The molecule has 0 spiro atoms. The Kier molecular flexibility index (Phi) is 5.65. The first-order valence-corrected chi connectivity index (χ1v) is 10.6. The molecule has 4 atom stereocenters. The predicted molar refractivity (Wildman–Crippen MR) is 106 cm³/mol. The van der Waals surface area contributed by atoms with Gasteiger partial charge in [-0.1, -0.05) is 0 Å². The molecule has 0 unspecified atom stereocenters. The van der Waals surface area contributed by atoms with Crippen LogP contribution in [0, 0.1) is 0 Å². The first-order valence-electron chi connectivity index (χ1n) is 9.48. The zero-order valence-corrected chi connectivity index (χ0v) is 17.4. The number of methoxy groups -OCH3 is 1. The second-order valence-electron chi connectivity index (χ2n) is 7.47. The number of hydrogen-bond donors (Lipinski definition) is 1. The van der Waals surface area contributed by atoms with Gasteiger partial charge in [0, 0.05) is 12.2 Å². The summed E-state index contributed by atoms with van der Waals surface area (Å²) in [5.41, 5.74) is 7.04. The minimum atomic E-state index is -0.699. The van der Waals surface area contributed by atoms with Crippen LogP contribution in [-0.2, 0) is 23.7 Å². The predicted octanol–water partition coefficient (Wildman–Crippen LogP) is 1.51. The van der Waals surface area contributed by atoms with E-state index >= 15 is 0 Å². The van der Waals surface area contributed by atoms with E-state index in [1.807, 2.05) is 18.4 Å². The molecule has 0 radical (unpaired) electrons. The van der Waals surface area contributed by atoms with E-state index in [-0.39, 0.29) is 24.3 Å². The number of esters is 1. The summed E-state index contributed by atoms with van der Waals surface area (Å²) in [5, 5.41) is 0. The van der Waals surface area contributed by atoms with E-state index in [1.165, 1.54) is 13.4 Å². The van der Waals surface area contributed by atoms with Crippen molar-refractivity contribution in [2.45, 2.75) is 57.0 Å². The second kappa shape index (κ2) is 8.05. The molecule has 2 aliphatic rings. The molecule has 0 bridgehead atoms. The van der Waals surface area contributed by atoms with E-state index in [0.717, 1.165) is 17.9 Å². The maximum Gasteiger partial charge on any atom is 0.305 e. The zero-order valence-electron chi connectivity index (χ0n) is 16.6. The first kappa shape index (κ1) is 20.3. The molecule has 2 N–H and O–H groups in total. The van der Waals surface area contributed by atoms with Crippen LogP contribution in [0.1, 0.15) is 32.9 Å². The van der Waals surface area contributed by atoms with Gasteiger partial charge in [0.05, 0.1) is 19.5 Å². The molecule has 0 aromatic carbocycles. The lowest BCUT2D eigenvalue weighted by molar-refractivity contribution is -0.193. The standard InChI is InChI=1S/C18H25N5O5S/c1-18(2)27-13-10(7-29-6-4-5-11(24)25-3)26-17(14(13)28-18)23-9-22-12-15(19)20-8-21-16(12)23/h8-10,13-14,17H,4-7H2,1-3H3,(H2,19,20,21)/t10-,13-,14-,17-/m1/s1. The number of anilines is 1. The van der Waals surface area contributed by atoms with Crippen molar-refractivity contribution in [1.29, 1.82) is 0 Å².